The third-order valence-electron chi connectivity index (χ3n) is 4.36. The van der Waals surface area contributed by atoms with Crippen LogP contribution < -0.4 is 16.0 Å². The fraction of sp³-hybridized carbons (Fsp3) is 0.556. The number of benzene rings is 1. The highest BCUT2D eigenvalue weighted by atomic mass is 35.5. The van der Waals surface area contributed by atoms with Crippen molar-refractivity contribution >= 4 is 24.2 Å². The Kier molecular flexibility index (Phi) is 9.62. The van der Waals surface area contributed by atoms with E-state index in [0.29, 0.717) is 13.1 Å². The third-order valence-corrected chi connectivity index (χ3v) is 4.36. The molecule has 1 aromatic carbocycles. The Morgan fingerprint density at radius 1 is 1.19 bits per heavy atom. The number of carbonyl (C=O) groups is 2. The Hall–Kier alpha value is -1.77. The molecular weight excluding hydrogens is 378 g/mol. The number of amides is 2. The zero-order valence-corrected chi connectivity index (χ0v) is 16.4. The second-order valence-electron chi connectivity index (χ2n) is 6.67. The molecule has 0 saturated carbocycles. The van der Waals surface area contributed by atoms with Crippen molar-refractivity contribution in [3.63, 3.8) is 0 Å². The molecule has 3 N–H and O–H groups in total. The molecule has 1 atom stereocenters. The predicted octanol–water partition coefficient (Wildman–Crippen LogP) is 1.16. The van der Waals surface area contributed by atoms with Gasteiger partial charge in [-0.2, -0.15) is 0 Å². The summed E-state index contributed by atoms with van der Waals surface area (Å²) in [6, 6.07) is 2.33. The van der Waals surface area contributed by atoms with E-state index in [1.165, 1.54) is 6.07 Å². The van der Waals surface area contributed by atoms with Gasteiger partial charge in [-0.15, -0.1) is 12.4 Å². The molecule has 152 valence electrons. The van der Waals surface area contributed by atoms with Gasteiger partial charge in [-0.1, -0.05) is 19.9 Å². The summed E-state index contributed by atoms with van der Waals surface area (Å²) in [5.41, 5.74) is -0.674. The molecular formula is C18H27ClF2N4O2. The summed E-state index contributed by atoms with van der Waals surface area (Å²) in [4.78, 5) is 26.9. The van der Waals surface area contributed by atoms with Gasteiger partial charge in [-0.25, -0.2) is 8.78 Å². The van der Waals surface area contributed by atoms with Gasteiger partial charge in [-0.3, -0.25) is 14.5 Å². The molecule has 0 radical (unpaired) electrons. The molecule has 0 bridgehead atoms. The number of rotatable bonds is 7. The van der Waals surface area contributed by atoms with Crippen LogP contribution in [0.4, 0.5) is 8.78 Å². The van der Waals surface area contributed by atoms with E-state index in [1.54, 1.807) is 13.8 Å². The van der Waals surface area contributed by atoms with E-state index < -0.39 is 29.1 Å². The lowest BCUT2D eigenvalue weighted by molar-refractivity contribution is -0.124. The molecule has 6 nitrogen and oxygen atoms in total. The van der Waals surface area contributed by atoms with Gasteiger partial charge in [0.1, 0.15) is 23.2 Å². The van der Waals surface area contributed by atoms with Crippen LogP contribution in [-0.4, -0.2) is 62.0 Å². The van der Waals surface area contributed by atoms with Gasteiger partial charge < -0.3 is 16.0 Å². The standard InChI is InChI=1S/C18H26F2N4O2.ClH/c1-12(2)16(18(26)22-8-11-24-9-6-21-7-10-24)23-17(25)15-13(19)4-3-5-14(15)20;/h3-5,12,16,21H,6-11H2,1-2H3,(H,22,26)(H,23,25);1H. The van der Waals surface area contributed by atoms with Crippen LogP contribution in [0, 0.1) is 17.6 Å². The van der Waals surface area contributed by atoms with E-state index in [1.807, 2.05) is 0 Å². The maximum absolute atomic E-state index is 13.8. The minimum atomic E-state index is -0.955. The molecule has 1 aliphatic rings. The SMILES string of the molecule is CC(C)C(NC(=O)c1c(F)cccc1F)C(=O)NCCN1CCNCC1.Cl. The largest absolute Gasteiger partial charge is 0.353 e. The number of piperazine rings is 1. The second kappa shape index (κ2) is 11.2. The average Bonchev–Trinajstić information content (AvgIpc) is 2.60. The number of carbonyl (C=O) groups excluding carboxylic acids is 2. The van der Waals surface area contributed by atoms with Gasteiger partial charge in [-0.05, 0) is 18.1 Å². The number of hydrogen-bond acceptors (Lipinski definition) is 4. The molecule has 1 heterocycles. The minimum absolute atomic E-state index is 0. The molecule has 1 unspecified atom stereocenters. The highest BCUT2D eigenvalue weighted by Gasteiger charge is 2.27. The van der Waals surface area contributed by atoms with Crippen LogP contribution in [0.5, 0.6) is 0 Å². The van der Waals surface area contributed by atoms with Gasteiger partial charge >= 0.3 is 0 Å². The fourth-order valence-electron chi connectivity index (χ4n) is 2.85. The van der Waals surface area contributed by atoms with Crippen LogP contribution in [0.2, 0.25) is 0 Å². The van der Waals surface area contributed by atoms with E-state index in [-0.39, 0.29) is 24.2 Å². The van der Waals surface area contributed by atoms with Crippen LogP contribution in [0.25, 0.3) is 0 Å². The van der Waals surface area contributed by atoms with E-state index in [2.05, 4.69) is 20.9 Å². The lowest BCUT2D eigenvalue weighted by Gasteiger charge is -2.28. The van der Waals surface area contributed by atoms with Gasteiger partial charge in [0.2, 0.25) is 5.91 Å². The van der Waals surface area contributed by atoms with Crippen molar-refractivity contribution in [3.8, 4) is 0 Å². The molecule has 1 fully saturated rings. The Bertz CT molecular complexity index is 620. The minimum Gasteiger partial charge on any atom is -0.353 e. The maximum atomic E-state index is 13.8. The van der Waals surface area contributed by atoms with E-state index in [4.69, 9.17) is 0 Å². The quantitative estimate of drug-likeness (QED) is 0.637. The smallest absolute Gasteiger partial charge is 0.257 e. The van der Waals surface area contributed by atoms with Crippen molar-refractivity contribution in [1.29, 1.82) is 0 Å². The first kappa shape index (κ1) is 23.3. The first-order valence-electron chi connectivity index (χ1n) is 8.85. The fourth-order valence-corrected chi connectivity index (χ4v) is 2.85. The van der Waals surface area contributed by atoms with E-state index in [0.717, 1.165) is 38.3 Å². The van der Waals surface area contributed by atoms with E-state index >= 15 is 0 Å². The van der Waals surface area contributed by atoms with Gasteiger partial charge in [0, 0.05) is 39.3 Å². The Morgan fingerprint density at radius 3 is 2.33 bits per heavy atom. The summed E-state index contributed by atoms with van der Waals surface area (Å²) in [6.45, 7) is 8.39. The molecule has 2 amide bonds. The monoisotopic (exact) mass is 404 g/mol. The zero-order chi connectivity index (χ0) is 19.1. The highest BCUT2D eigenvalue weighted by molar-refractivity contribution is 5.98. The number of hydrogen-bond donors (Lipinski definition) is 3. The third kappa shape index (κ3) is 6.71. The van der Waals surface area contributed by atoms with E-state index in [9.17, 15) is 18.4 Å². The van der Waals surface area contributed by atoms with Crippen molar-refractivity contribution in [2.45, 2.75) is 19.9 Å². The maximum Gasteiger partial charge on any atom is 0.257 e. The van der Waals surface area contributed by atoms with Crippen LogP contribution in [-0.2, 0) is 4.79 Å². The molecule has 1 aliphatic heterocycles. The second-order valence-corrected chi connectivity index (χ2v) is 6.67. The molecule has 0 aromatic heterocycles. The van der Waals surface area contributed by atoms with Gasteiger partial charge in [0.25, 0.3) is 5.91 Å². The van der Waals surface area contributed by atoms with Crippen molar-refractivity contribution in [1.82, 2.24) is 20.9 Å². The molecule has 9 heteroatoms. The Labute approximate surface area is 164 Å². The predicted molar refractivity (Wildman–Crippen MR) is 102 cm³/mol. The van der Waals surface area contributed by atoms with Crippen molar-refractivity contribution in [3.05, 3.63) is 35.4 Å². The van der Waals surface area contributed by atoms with Crippen molar-refractivity contribution < 1.29 is 18.4 Å². The number of nitrogens with one attached hydrogen (secondary N) is 3. The number of nitrogens with zero attached hydrogens (tertiary/aromatic N) is 1. The normalized spacial score (nSPS) is 15.7. The number of halogens is 3. The molecule has 2 rings (SSSR count). The van der Waals surface area contributed by atoms with Crippen LogP contribution in [0.1, 0.15) is 24.2 Å². The summed E-state index contributed by atoms with van der Waals surface area (Å²) in [5, 5.41) is 8.50. The Morgan fingerprint density at radius 2 is 1.78 bits per heavy atom. The van der Waals surface area contributed by atoms with Crippen LogP contribution >= 0.6 is 12.4 Å². The lowest BCUT2D eigenvalue weighted by Crippen LogP contribution is -2.52. The molecule has 1 aromatic rings. The van der Waals surface area contributed by atoms with Crippen molar-refractivity contribution in [2.75, 3.05) is 39.3 Å². The van der Waals surface area contributed by atoms with Gasteiger partial charge in [0.05, 0.1) is 0 Å². The van der Waals surface area contributed by atoms with Crippen molar-refractivity contribution in [2.24, 2.45) is 5.92 Å². The summed E-state index contributed by atoms with van der Waals surface area (Å²) in [7, 11) is 0. The van der Waals surface area contributed by atoms with Crippen LogP contribution in [0.15, 0.2) is 18.2 Å². The first-order valence-corrected chi connectivity index (χ1v) is 8.85. The average molecular weight is 405 g/mol. The molecule has 0 spiro atoms. The highest BCUT2D eigenvalue weighted by Crippen LogP contribution is 2.13. The summed E-state index contributed by atoms with van der Waals surface area (Å²) in [6.07, 6.45) is 0. The summed E-state index contributed by atoms with van der Waals surface area (Å²) >= 11 is 0. The van der Waals surface area contributed by atoms with Gasteiger partial charge in [0.15, 0.2) is 0 Å². The molecule has 1 saturated heterocycles. The zero-order valence-electron chi connectivity index (χ0n) is 15.6. The molecule has 27 heavy (non-hydrogen) atoms. The first-order chi connectivity index (χ1) is 12.4. The Balaban J connectivity index is 0.00000364. The van der Waals surface area contributed by atoms with Crippen LogP contribution in [0.3, 0.4) is 0 Å². The molecule has 0 aliphatic carbocycles. The topological polar surface area (TPSA) is 73.5 Å². The lowest BCUT2D eigenvalue weighted by atomic mass is 10.0. The summed E-state index contributed by atoms with van der Waals surface area (Å²) < 4.78 is 27.5. The summed E-state index contributed by atoms with van der Waals surface area (Å²) in [5.74, 6) is -3.43.